The molecule has 0 aliphatic rings. The second-order valence-electron chi connectivity index (χ2n) is 5.75. The van der Waals surface area contributed by atoms with E-state index in [9.17, 15) is 4.79 Å². The van der Waals surface area contributed by atoms with E-state index in [1.807, 2.05) is 67.6 Å². The minimum atomic E-state index is -0.220. The molecule has 2 heterocycles. The molecule has 0 bridgehead atoms. The molecule has 0 spiro atoms. The highest BCUT2D eigenvalue weighted by Gasteiger charge is 2.16. The van der Waals surface area contributed by atoms with Crippen LogP contribution in [0.25, 0.3) is 16.6 Å². The molecule has 4 rings (SSSR count). The summed E-state index contributed by atoms with van der Waals surface area (Å²) < 4.78 is 1.66. The maximum atomic E-state index is 12.9. The van der Waals surface area contributed by atoms with Gasteiger partial charge in [0, 0.05) is 11.6 Å². The van der Waals surface area contributed by atoms with E-state index in [2.05, 4.69) is 15.4 Å². The number of fused-ring (bicyclic) bond motifs is 1. The summed E-state index contributed by atoms with van der Waals surface area (Å²) in [5, 5.41) is 8.39. The molecule has 0 unspecified atom stereocenters. The summed E-state index contributed by atoms with van der Waals surface area (Å²) in [7, 11) is 0. The zero-order valence-corrected chi connectivity index (χ0v) is 13.7. The van der Waals surface area contributed by atoms with Crippen molar-refractivity contribution in [2.75, 3.05) is 5.32 Å². The van der Waals surface area contributed by atoms with Gasteiger partial charge in [0.2, 0.25) is 0 Å². The Hall–Kier alpha value is -3.47. The fourth-order valence-electron chi connectivity index (χ4n) is 2.82. The minimum Gasteiger partial charge on any atom is -0.319 e. The van der Waals surface area contributed by atoms with E-state index in [0.29, 0.717) is 11.4 Å². The normalized spacial score (nSPS) is 10.8. The first-order chi connectivity index (χ1) is 12.2. The highest BCUT2D eigenvalue weighted by Crippen LogP contribution is 2.22. The third kappa shape index (κ3) is 2.87. The maximum absolute atomic E-state index is 12.9. The van der Waals surface area contributed by atoms with Gasteiger partial charge < -0.3 is 5.32 Å². The van der Waals surface area contributed by atoms with Crippen LogP contribution in [0.15, 0.2) is 72.9 Å². The Bertz CT molecular complexity index is 1050. The predicted molar refractivity (Wildman–Crippen MR) is 98.0 cm³/mol. The smallest absolute Gasteiger partial charge is 0.274 e. The first kappa shape index (κ1) is 15.1. The quantitative estimate of drug-likeness (QED) is 0.619. The van der Waals surface area contributed by atoms with Crippen LogP contribution < -0.4 is 5.32 Å². The van der Waals surface area contributed by atoms with Crippen LogP contribution in [0.4, 0.5) is 5.69 Å². The number of nitrogens with one attached hydrogen (secondary N) is 1. The van der Waals surface area contributed by atoms with E-state index >= 15 is 0 Å². The minimum absolute atomic E-state index is 0.220. The van der Waals surface area contributed by atoms with Crippen molar-refractivity contribution < 1.29 is 4.79 Å². The highest BCUT2D eigenvalue weighted by atomic mass is 16.2. The lowest BCUT2D eigenvalue weighted by molar-refractivity contribution is 0.102. The number of aryl methyl sites for hydroxylation is 1. The zero-order valence-electron chi connectivity index (χ0n) is 13.7. The van der Waals surface area contributed by atoms with Crippen molar-refractivity contribution in [2.24, 2.45) is 0 Å². The van der Waals surface area contributed by atoms with Crippen LogP contribution in [0.2, 0.25) is 0 Å². The van der Waals surface area contributed by atoms with Gasteiger partial charge in [-0.2, -0.15) is 5.10 Å². The SMILES string of the molecule is Cc1cc(C(=O)Nc2cccc3cccnc23)n(-c2ccccc2)n1. The van der Waals surface area contributed by atoms with Gasteiger partial charge in [-0.05, 0) is 37.3 Å². The van der Waals surface area contributed by atoms with Crippen molar-refractivity contribution >= 4 is 22.5 Å². The van der Waals surface area contributed by atoms with Gasteiger partial charge in [-0.1, -0.05) is 36.4 Å². The number of hydrogen-bond acceptors (Lipinski definition) is 3. The monoisotopic (exact) mass is 328 g/mol. The summed E-state index contributed by atoms with van der Waals surface area (Å²) in [4.78, 5) is 17.2. The van der Waals surface area contributed by atoms with Gasteiger partial charge in [0.1, 0.15) is 5.69 Å². The van der Waals surface area contributed by atoms with E-state index in [-0.39, 0.29) is 5.91 Å². The van der Waals surface area contributed by atoms with Gasteiger partial charge in [-0.3, -0.25) is 9.78 Å². The van der Waals surface area contributed by atoms with Crippen molar-refractivity contribution in [3.63, 3.8) is 0 Å². The number of benzene rings is 2. The molecule has 0 radical (unpaired) electrons. The Morgan fingerprint density at radius 3 is 2.64 bits per heavy atom. The van der Waals surface area contributed by atoms with Crippen molar-refractivity contribution in [3.8, 4) is 5.69 Å². The van der Waals surface area contributed by atoms with E-state index in [1.165, 1.54) is 0 Å². The molecular formula is C20H16N4O. The number of carbonyl (C=O) groups excluding carboxylic acids is 1. The summed E-state index contributed by atoms with van der Waals surface area (Å²) in [5.41, 5.74) is 3.56. The largest absolute Gasteiger partial charge is 0.319 e. The second kappa shape index (κ2) is 6.20. The number of anilines is 1. The van der Waals surface area contributed by atoms with Crippen molar-refractivity contribution in [1.82, 2.24) is 14.8 Å². The third-order valence-corrected chi connectivity index (χ3v) is 3.95. The number of aromatic nitrogens is 3. The van der Waals surface area contributed by atoms with Gasteiger partial charge in [-0.25, -0.2) is 4.68 Å². The molecule has 0 fully saturated rings. The molecule has 0 saturated heterocycles. The van der Waals surface area contributed by atoms with E-state index in [0.717, 1.165) is 22.3 Å². The van der Waals surface area contributed by atoms with Crippen LogP contribution >= 0.6 is 0 Å². The molecule has 0 aliphatic carbocycles. The van der Waals surface area contributed by atoms with Crippen LogP contribution in [0, 0.1) is 6.92 Å². The summed E-state index contributed by atoms with van der Waals surface area (Å²) in [5.74, 6) is -0.220. The number of pyridine rings is 1. The predicted octanol–water partition coefficient (Wildman–Crippen LogP) is 3.98. The number of para-hydroxylation sites is 2. The first-order valence-corrected chi connectivity index (χ1v) is 7.99. The Morgan fingerprint density at radius 2 is 1.80 bits per heavy atom. The average molecular weight is 328 g/mol. The molecule has 0 atom stereocenters. The lowest BCUT2D eigenvalue weighted by Crippen LogP contribution is -2.17. The van der Waals surface area contributed by atoms with Gasteiger partial charge in [0.15, 0.2) is 0 Å². The number of carbonyl (C=O) groups is 1. The molecule has 25 heavy (non-hydrogen) atoms. The summed E-state index contributed by atoms with van der Waals surface area (Å²) >= 11 is 0. The van der Waals surface area contributed by atoms with E-state index in [4.69, 9.17) is 0 Å². The van der Waals surface area contributed by atoms with Crippen molar-refractivity contribution in [3.05, 3.63) is 84.3 Å². The third-order valence-electron chi connectivity index (χ3n) is 3.95. The molecule has 2 aromatic heterocycles. The molecule has 5 heteroatoms. The molecule has 4 aromatic rings. The number of nitrogens with zero attached hydrogens (tertiary/aromatic N) is 3. The van der Waals surface area contributed by atoms with Crippen LogP contribution in [-0.2, 0) is 0 Å². The molecule has 1 amide bonds. The van der Waals surface area contributed by atoms with Crippen LogP contribution in [-0.4, -0.2) is 20.7 Å². The molecule has 0 aliphatic heterocycles. The lowest BCUT2D eigenvalue weighted by Gasteiger charge is -2.10. The Labute approximate surface area is 144 Å². The number of hydrogen-bond donors (Lipinski definition) is 1. The van der Waals surface area contributed by atoms with Crippen LogP contribution in [0.1, 0.15) is 16.2 Å². The molecule has 122 valence electrons. The highest BCUT2D eigenvalue weighted by molar-refractivity contribution is 6.07. The molecule has 2 aromatic carbocycles. The topological polar surface area (TPSA) is 59.8 Å². The summed E-state index contributed by atoms with van der Waals surface area (Å²) in [6, 6.07) is 21.0. The van der Waals surface area contributed by atoms with Gasteiger partial charge in [-0.15, -0.1) is 0 Å². The molecule has 0 saturated carbocycles. The van der Waals surface area contributed by atoms with E-state index in [1.54, 1.807) is 16.9 Å². The van der Waals surface area contributed by atoms with Gasteiger partial charge in [0.25, 0.3) is 5.91 Å². The first-order valence-electron chi connectivity index (χ1n) is 7.99. The van der Waals surface area contributed by atoms with Crippen molar-refractivity contribution in [2.45, 2.75) is 6.92 Å². The fourth-order valence-corrected chi connectivity index (χ4v) is 2.82. The van der Waals surface area contributed by atoms with Gasteiger partial charge in [0.05, 0.1) is 22.6 Å². The van der Waals surface area contributed by atoms with E-state index < -0.39 is 0 Å². The molecule has 5 nitrogen and oxygen atoms in total. The van der Waals surface area contributed by atoms with Gasteiger partial charge >= 0.3 is 0 Å². The Balaban J connectivity index is 1.73. The maximum Gasteiger partial charge on any atom is 0.274 e. The fraction of sp³-hybridized carbons (Fsp3) is 0.0500. The Kier molecular flexibility index (Phi) is 3.74. The zero-order chi connectivity index (χ0) is 17.2. The standard InChI is InChI=1S/C20H16N4O/c1-14-13-18(24(23-14)16-9-3-2-4-10-16)20(25)22-17-11-5-7-15-8-6-12-21-19(15)17/h2-13H,1H3,(H,22,25). The number of amides is 1. The summed E-state index contributed by atoms with van der Waals surface area (Å²) in [6.07, 6.45) is 1.72. The van der Waals surface area contributed by atoms with Crippen molar-refractivity contribution in [1.29, 1.82) is 0 Å². The second-order valence-corrected chi connectivity index (χ2v) is 5.75. The van der Waals surface area contributed by atoms with Crippen LogP contribution in [0.3, 0.4) is 0 Å². The number of rotatable bonds is 3. The van der Waals surface area contributed by atoms with Crippen LogP contribution in [0.5, 0.6) is 0 Å². The summed E-state index contributed by atoms with van der Waals surface area (Å²) in [6.45, 7) is 1.87. The molecule has 1 N–H and O–H groups in total. The average Bonchev–Trinajstić information content (AvgIpc) is 3.05. The molecular weight excluding hydrogens is 312 g/mol. The Morgan fingerprint density at radius 1 is 1.00 bits per heavy atom. The lowest BCUT2D eigenvalue weighted by atomic mass is 10.2.